The molecule has 0 radical (unpaired) electrons. The van der Waals surface area contributed by atoms with Crippen LogP contribution in [0.1, 0.15) is 27.9 Å². The fourth-order valence-corrected chi connectivity index (χ4v) is 6.11. The van der Waals surface area contributed by atoms with Crippen molar-refractivity contribution in [3.63, 3.8) is 0 Å². The molecule has 3 aromatic rings. The molecule has 2 aliphatic rings. The van der Waals surface area contributed by atoms with Crippen molar-refractivity contribution in [1.29, 1.82) is 0 Å². The number of aromatic nitrogens is 1. The Morgan fingerprint density at radius 1 is 1.08 bits per heavy atom. The molecule has 11 heteroatoms. The van der Waals surface area contributed by atoms with E-state index in [-0.39, 0.29) is 27.9 Å². The second-order valence-corrected chi connectivity index (χ2v) is 11.0. The normalized spacial score (nSPS) is 17.4. The number of carbonyl (C=O) groups excluding carboxylic acids is 1. The van der Waals surface area contributed by atoms with E-state index in [0.717, 1.165) is 21.5 Å². The van der Waals surface area contributed by atoms with Crippen LogP contribution in [0.15, 0.2) is 53.6 Å². The first-order valence-corrected chi connectivity index (χ1v) is 12.7. The Morgan fingerprint density at radius 3 is 2.50 bits per heavy atom. The average molecular weight is 516 g/mol. The molecule has 2 N–H and O–H groups in total. The lowest BCUT2D eigenvalue weighted by Crippen LogP contribution is -2.58. The van der Waals surface area contributed by atoms with Crippen LogP contribution in [0.3, 0.4) is 0 Å². The molecule has 3 heterocycles. The van der Waals surface area contributed by atoms with Gasteiger partial charge >= 0.3 is 0 Å². The topological polar surface area (TPSA) is 111 Å². The summed E-state index contributed by atoms with van der Waals surface area (Å²) < 4.78 is 52.4. The zero-order chi connectivity index (χ0) is 25.8. The van der Waals surface area contributed by atoms with Gasteiger partial charge in [-0.3, -0.25) is 9.78 Å². The number of benzene rings is 2. The number of sulfonamides is 1. The fourth-order valence-electron chi connectivity index (χ4n) is 4.58. The molecule has 1 aromatic heterocycles. The summed E-state index contributed by atoms with van der Waals surface area (Å²) in [7, 11) is -4.05. The van der Waals surface area contributed by atoms with E-state index in [0.29, 0.717) is 36.3 Å². The van der Waals surface area contributed by atoms with Gasteiger partial charge in [0, 0.05) is 30.1 Å². The highest BCUT2D eigenvalue weighted by Gasteiger charge is 2.50. The third-order valence-corrected chi connectivity index (χ3v) is 8.19. The number of aromatic hydroxyl groups is 2. The van der Waals surface area contributed by atoms with E-state index in [1.165, 1.54) is 24.4 Å². The maximum atomic E-state index is 13.2. The lowest BCUT2D eigenvalue weighted by atomic mass is 9.96. The first-order valence-electron chi connectivity index (χ1n) is 11.3. The maximum absolute atomic E-state index is 13.2. The zero-order valence-corrected chi connectivity index (χ0v) is 20.1. The molecule has 8 nitrogen and oxygen atoms in total. The lowest BCUT2D eigenvalue weighted by molar-refractivity contribution is -0.0945. The molecule has 0 spiro atoms. The van der Waals surface area contributed by atoms with Crippen LogP contribution in [0.25, 0.3) is 11.3 Å². The van der Waals surface area contributed by atoms with Crippen molar-refractivity contribution < 1.29 is 32.2 Å². The van der Waals surface area contributed by atoms with Gasteiger partial charge in [0.2, 0.25) is 10.0 Å². The molecule has 5 rings (SSSR count). The number of anilines is 1. The van der Waals surface area contributed by atoms with Crippen LogP contribution in [-0.4, -0.2) is 59.4 Å². The van der Waals surface area contributed by atoms with Crippen LogP contribution in [0.5, 0.6) is 11.5 Å². The minimum Gasteiger partial charge on any atom is -0.508 e. The minimum absolute atomic E-state index is 0.0824. The van der Waals surface area contributed by atoms with Crippen molar-refractivity contribution >= 4 is 21.6 Å². The summed E-state index contributed by atoms with van der Waals surface area (Å²) in [5.74, 6) is -3.84. The third kappa shape index (κ3) is 4.18. The highest BCUT2D eigenvalue weighted by Crippen LogP contribution is 2.36. The molecular weight excluding hydrogens is 492 g/mol. The SMILES string of the molecule is Cc1cc(S(=O)(=O)N2CC(F)(F)C2)cnc1-c1ccc2c(c1)CCCN2C(=O)c1ccc(O)cc1O. The van der Waals surface area contributed by atoms with Crippen LogP contribution < -0.4 is 4.90 Å². The maximum Gasteiger partial charge on any atom is 0.275 e. The van der Waals surface area contributed by atoms with Crippen molar-refractivity contribution in [2.75, 3.05) is 24.5 Å². The van der Waals surface area contributed by atoms with Crippen LogP contribution >= 0.6 is 0 Å². The zero-order valence-electron chi connectivity index (χ0n) is 19.3. The van der Waals surface area contributed by atoms with E-state index in [4.69, 9.17) is 0 Å². The Hall–Kier alpha value is -3.57. The molecule has 1 amide bonds. The third-order valence-electron chi connectivity index (χ3n) is 6.43. The van der Waals surface area contributed by atoms with E-state index >= 15 is 0 Å². The number of carbonyl (C=O) groups is 1. The number of hydrogen-bond acceptors (Lipinski definition) is 6. The van der Waals surface area contributed by atoms with Gasteiger partial charge in [-0.05, 0) is 61.2 Å². The predicted molar refractivity (Wildman–Crippen MR) is 128 cm³/mol. The summed E-state index contributed by atoms with van der Waals surface area (Å²) in [5.41, 5.74) is 3.52. The van der Waals surface area contributed by atoms with Crippen LogP contribution in [0.4, 0.5) is 14.5 Å². The lowest BCUT2D eigenvalue weighted by Gasteiger charge is -2.37. The van der Waals surface area contributed by atoms with E-state index in [9.17, 15) is 32.2 Å². The Bertz CT molecular complexity index is 1490. The standard InChI is InChI=1S/C25H23F2N3O5S/c1-15-9-19(36(34,35)29-13-25(26,27)14-29)12-28-23(15)17-4-7-21-16(10-17)3-2-8-30(21)24(33)20-6-5-18(31)11-22(20)32/h4-7,9-12,31-32H,2-3,8,13-14H2,1H3. The van der Waals surface area contributed by atoms with Gasteiger partial charge in [-0.25, -0.2) is 17.2 Å². The number of aryl methyl sites for hydroxylation is 2. The van der Waals surface area contributed by atoms with Gasteiger partial charge in [-0.15, -0.1) is 0 Å². The summed E-state index contributed by atoms with van der Waals surface area (Å²) in [4.78, 5) is 18.9. The number of rotatable bonds is 4. The smallest absolute Gasteiger partial charge is 0.275 e. The number of nitrogens with zero attached hydrogens (tertiary/aromatic N) is 3. The Morgan fingerprint density at radius 2 is 1.83 bits per heavy atom. The molecule has 0 bridgehead atoms. The predicted octanol–water partition coefficient (Wildman–Crippen LogP) is 3.70. The Kier molecular flexibility index (Phi) is 5.72. The Balaban J connectivity index is 1.43. The average Bonchev–Trinajstić information content (AvgIpc) is 2.81. The summed E-state index contributed by atoms with van der Waals surface area (Å²) in [6.45, 7) is 0.496. The second-order valence-electron chi connectivity index (χ2n) is 9.07. The van der Waals surface area contributed by atoms with E-state index in [2.05, 4.69) is 4.98 Å². The first-order chi connectivity index (χ1) is 17.0. The van der Waals surface area contributed by atoms with Gasteiger partial charge in [0.1, 0.15) is 16.4 Å². The molecule has 0 saturated carbocycles. The molecule has 0 aliphatic carbocycles. The van der Waals surface area contributed by atoms with Gasteiger partial charge in [0.25, 0.3) is 11.8 Å². The van der Waals surface area contributed by atoms with Gasteiger partial charge in [0.15, 0.2) is 0 Å². The number of phenols is 2. The van der Waals surface area contributed by atoms with Crippen molar-refractivity contribution in [2.45, 2.75) is 30.6 Å². The number of halogens is 2. The molecule has 1 saturated heterocycles. The summed E-state index contributed by atoms with van der Waals surface area (Å²) in [6.07, 6.45) is 2.59. The van der Waals surface area contributed by atoms with E-state index < -0.39 is 29.0 Å². The number of alkyl halides is 2. The summed E-state index contributed by atoms with van der Waals surface area (Å²) in [6, 6.07) is 10.7. The molecule has 36 heavy (non-hydrogen) atoms. The van der Waals surface area contributed by atoms with Crippen molar-refractivity contribution in [2.24, 2.45) is 0 Å². The number of phenolic OH excluding ortho intramolecular Hbond substituents is 2. The van der Waals surface area contributed by atoms with Gasteiger partial charge in [-0.1, -0.05) is 6.07 Å². The van der Waals surface area contributed by atoms with Crippen LogP contribution in [0.2, 0.25) is 0 Å². The molecule has 0 atom stereocenters. The Labute approximate surface area is 206 Å². The molecular formula is C25H23F2N3O5S. The number of amides is 1. The molecule has 2 aromatic carbocycles. The molecule has 0 unspecified atom stereocenters. The number of hydrogen-bond donors (Lipinski definition) is 2. The molecule has 2 aliphatic heterocycles. The van der Waals surface area contributed by atoms with Gasteiger partial charge in [0.05, 0.1) is 24.3 Å². The van der Waals surface area contributed by atoms with Crippen LogP contribution in [0, 0.1) is 6.92 Å². The molecule has 1 fully saturated rings. The van der Waals surface area contributed by atoms with Crippen molar-refractivity contribution in [3.8, 4) is 22.8 Å². The van der Waals surface area contributed by atoms with Crippen molar-refractivity contribution in [1.82, 2.24) is 9.29 Å². The first kappa shape index (κ1) is 24.1. The molecule has 188 valence electrons. The number of fused-ring (bicyclic) bond motifs is 1. The quantitative estimate of drug-likeness (QED) is 0.548. The number of pyridine rings is 1. The fraction of sp³-hybridized carbons (Fsp3) is 0.280. The summed E-state index contributed by atoms with van der Waals surface area (Å²) in [5, 5.41) is 19.6. The van der Waals surface area contributed by atoms with E-state index in [1.807, 2.05) is 6.07 Å². The highest BCUT2D eigenvalue weighted by atomic mass is 32.2. The van der Waals surface area contributed by atoms with Crippen molar-refractivity contribution in [3.05, 3.63) is 65.4 Å². The van der Waals surface area contributed by atoms with E-state index in [1.54, 1.807) is 24.0 Å². The highest BCUT2D eigenvalue weighted by molar-refractivity contribution is 7.89. The van der Waals surface area contributed by atoms with Gasteiger partial charge in [-0.2, -0.15) is 4.31 Å². The van der Waals surface area contributed by atoms with Crippen LogP contribution in [-0.2, 0) is 16.4 Å². The minimum atomic E-state index is -4.05. The van der Waals surface area contributed by atoms with Gasteiger partial charge < -0.3 is 15.1 Å². The second kappa shape index (κ2) is 8.52. The monoisotopic (exact) mass is 515 g/mol. The largest absolute Gasteiger partial charge is 0.508 e. The summed E-state index contributed by atoms with van der Waals surface area (Å²) >= 11 is 0.